The average Bonchev–Trinajstić information content (AvgIpc) is 2.76. The minimum atomic E-state index is -0.288. The van der Waals surface area contributed by atoms with Crippen molar-refractivity contribution in [3.8, 4) is 11.5 Å². The summed E-state index contributed by atoms with van der Waals surface area (Å²) >= 11 is -0.288. The topological polar surface area (TPSA) is 73.9 Å². The maximum absolute atomic E-state index is 6.00. The van der Waals surface area contributed by atoms with Crippen LogP contribution in [0.3, 0.4) is 0 Å². The van der Waals surface area contributed by atoms with Gasteiger partial charge in [-0.15, -0.1) is 0 Å². The van der Waals surface area contributed by atoms with E-state index < -0.39 is 0 Å². The molecule has 0 bridgehead atoms. The van der Waals surface area contributed by atoms with Crippen molar-refractivity contribution in [2.75, 3.05) is 6.54 Å². The van der Waals surface area contributed by atoms with Gasteiger partial charge >= 0.3 is 183 Å². The minimum absolute atomic E-state index is 0.288. The van der Waals surface area contributed by atoms with Crippen LogP contribution < -0.4 is 19.3 Å². The van der Waals surface area contributed by atoms with Crippen molar-refractivity contribution in [2.45, 2.75) is 13.8 Å². The van der Waals surface area contributed by atoms with E-state index in [1.54, 1.807) is 12.5 Å². The zero-order valence-electron chi connectivity index (χ0n) is 16.9. The number of aromatic nitrogens is 3. The summed E-state index contributed by atoms with van der Waals surface area (Å²) < 4.78 is 8.35. The number of hydrogen-bond acceptors (Lipinski definition) is 5. The molecule has 5 nitrogen and oxygen atoms in total. The van der Waals surface area contributed by atoms with Crippen molar-refractivity contribution in [1.29, 1.82) is 0 Å². The summed E-state index contributed by atoms with van der Waals surface area (Å²) in [5, 5.41) is 1.10. The molecule has 4 aromatic rings. The number of ether oxygens (including phenoxy) is 1. The van der Waals surface area contributed by atoms with Crippen molar-refractivity contribution in [3.05, 3.63) is 84.0 Å². The van der Waals surface area contributed by atoms with Gasteiger partial charge in [-0.25, -0.2) is 0 Å². The maximum atomic E-state index is 6.00. The van der Waals surface area contributed by atoms with Gasteiger partial charge in [-0.3, -0.25) is 0 Å². The average molecular weight is 457 g/mol. The van der Waals surface area contributed by atoms with Crippen LogP contribution in [0, 0.1) is 13.8 Å². The number of benzene rings is 2. The summed E-state index contributed by atoms with van der Waals surface area (Å²) in [7, 11) is 0. The van der Waals surface area contributed by atoms with E-state index in [1.807, 2.05) is 43.3 Å². The predicted octanol–water partition coefficient (Wildman–Crippen LogP) is 3.06. The molecule has 0 saturated carbocycles. The summed E-state index contributed by atoms with van der Waals surface area (Å²) in [6.07, 6.45) is 7.38. The van der Waals surface area contributed by atoms with E-state index in [-0.39, 0.29) is 15.8 Å². The summed E-state index contributed by atoms with van der Waals surface area (Å²) in [4.78, 5) is 13.3. The molecule has 0 unspecified atom stereocenters. The van der Waals surface area contributed by atoms with Gasteiger partial charge in [0.15, 0.2) is 0 Å². The van der Waals surface area contributed by atoms with Crippen LogP contribution in [0.5, 0.6) is 11.5 Å². The molecule has 2 aromatic carbocycles. The standard InChI is InChI=1S/C24H22AsN4O/c1-16-12-19(7-10-23(16)30-20-8-5-17(2)27-14-20)25-24-21-13-18(4-3-11-26)6-9-22(21)28-15-29-24/h3-10,12-15H,11,26H2,1-2H3. The van der Waals surface area contributed by atoms with Gasteiger partial charge < -0.3 is 0 Å². The molecular weight excluding hydrogens is 435 g/mol. The molecule has 0 atom stereocenters. The Hall–Kier alpha value is -3.01. The molecule has 2 aromatic heterocycles. The van der Waals surface area contributed by atoms with Crippen LogP contribution in [0.1, 0.15) is 16.8 Å². The Balaban J connectivity index is 1.59. The quantitative estimate of drug-likeness (QED) is 0.451. The Morgan fingerprint density at radius 3 is 2.67 bits per heavy atom. The van der Waals surface area contributed by atoms with Gasteiger partial charge in [0.1, 0.15) is 0 Å². The van der Waals surface area contributed by atoms with Gasteiger partial charge in [0.2, 0.25) is 0 Å². The number of fused-ring (bicyclic) bond motifs is 1. The molecule has 4 rings (SSSR count). The van der Waals surface area contributed by atoms with E-state index in [2.05, 4.69) is 46.1 Å². The van der Waals surface area contributed by atoms with Crippen LogP contribution in [0.25, 0.3) is 17.0 Å². The monoisotopic (exact) mass is 457 g/mol. The molecule has 0 spiro atoms. The Morgan fingerprint density at radius 2 is 1.90 bits per heavy atom. The molecule has 30 heavy (non-hydrogen) atoms. The van der Waals surface area contributed by atoms with E-state index in [9.17, 15) is 0 Å². The van der Waals surface area contributed by atoms with E-state index in [0.717, 1.165) is 43.7 Å². The Morgan fingerprint density at radius 1 is 1.00 bits per heavy atom. The van der Waals surface area contributed by atoms with E-state index in [4.69, 9.17) is 10.5 Å². The van der Waals surface area contributed by atoms with Crippen LogP contribution in [-0.4, -0.2) is 37.2 Å². The van der Waals surface area contributed by atoms with Crippen LogP contribution in [0.2, 0.25) is 0 Å². The summed E-state index contributed by atoms with van der Waals surface area (Å²) in [5.41, 5.74) is 9.71. The molecule has 149 valence electrons. The van der Waals surface area contributed by atoms with Crippen LogP contribution in [0.4, 0.5) is 0 Å². The zero-order chi connectivity index (χ0) is 20.9. The molecular formula is C24H22AsN4O. The third-order valence-corrected chi connectivity index (χ3v) is 6.91. The molecule has 0 aliphatic rings. The second kappa shape index (κ2) is 9.20. The van der Waals surface area contributed by atoms with E-state index in [0.29, 0.717) is 6.54 Å². The second-order valence-electron chi connectivity index (χ2n) is 6.91. The number of rotatable bonds is 6. The van der Waals surface area contributed by atoms with Gasteiger partial charge in [0.25, 0.3) is 0 Å². The summed E-state index contributed by atoms with van der Waals surface area (Å²) in [5.74, 6) is 1.58. The van der Waals surface area contributed by atoms with Crippen molar-refractivity contribution in [1.82, 2.24) is 15.0 Å². The van der Waals surface area contributed by atoms with E-state index >= 15 is 0 Å². The van der Waals surface area contributed by atoms with Gasteiger partial charge in [0.05, 0.1) is 0 Å². The van der Waals surface area contributed by atoms with Gasteiger partial charge in [-0.1, -0.05) is 0 Å². The first-order valence-electron chi connectivity index (χ1n) is 9.66. The van der Waals surface area contributed by atoms with Crippen LogP contribution >= 0.6 is 0 Å². The first-order valence-corrected chi connectivity index (χ1v) is 11.5. The number of nitrogens with two attached hydrogens (primary N) is 1. The molecule has 0 aliphatic heterocycles. The molecule has 6 heteroatoms. The Labute approximate surface area is 182 Å². The number of hydrogen-bond donors (Lipinski definition) is 1. The SMILES string of the molecule is Cc1ccc(Oc2ccc([As]c3ncnc4ccc(C=CCN)cc34)cc2C)cn1. The number of nitrogens with zero attached hydrogens (tertiary/aromatic N) is 3. The number of pyridine rings is 1. The first-order chi connectivity index (χ1) is 14.6. The van der Waals surface area contributed by atoms with Crippen molar-refractivity contribution in [3.63, 3.8) is 0 Å². The van der Waals surface area contributed by atoms with Gasteiger partial charge in [0, 0.05) is 0 Å². The second-order valence-corrected chi connectivity index (χ2v) is 9.35. The van der Waals surface area contributed by atoms with Gasteiger partial charge in [-0.05, 0) is 0 Å². The summed E-state index contributed by atoms with van der Waals surface area (Å²) in [6.45, 7) is 4.55. The van der Waals surface area contributed by atoms with Crippen LogP contribution in [0.15, 0.2) is 67.1 Å². The fraction of sp³-hybridized carbons (Fsp3) is 0.125. The molecule has 0 aliphatic carbocycles. The molecule has 1 radical (unpaired) electrons. The van der Waals surface area contributed by atoms with Crippen molar-refractivity contribution < 1.29 is 4.74 Å². The van der Waals surface area contributed by atoms with Crippen LogP contribution in [-0.2, 0) is 0 Å². The van der Waals surface area contributed by atoms with E-state index in [1.165, 1.54) is 4.35 Å². The van der Waals surface area contributed by atoms with Crippen molar-refractivity contribution >= 4 is 41.6 Å². The molecule has 2 heterocycles. The fourth-order valence-electron chi connectivity index (χ4n) is 3.04. The molecule has 0 saturated heterocycles. The van der Waals surface area contributed by atoms with Gasteiger partial charge in [-0.2, -0.15) is 0 Å². The first kappa shape index (κ1) is 20.3. The normalized spacial score (nSPS) is 11.7. The molecule has 2 N–H and O–H groups in total. The fourth-order valence-corrected chi connectivity index (χ4v) is 5.26. The Kier molecular flexibility index (Phi) is 6.22. The third-order valence-electron chi connectivity index (χ3n) is 4.59. The van der Waals surface area contributed by atoms with Crippen molar-refractivity contribution in [2.24, 2.45) is 5.73 Å². The zero-order valence-corrected chi connectivity index (χ0v) is 18.8. The Bertz CT molecular complexity index is 1210. The molecule has 0 amide bonds. The predicted molar refractivity (Wildman–Crippen MR) is 123 cm³/mol. The summed E-state index contributed by atoms with van der Waals surface area (Å²) in [6, 6.07) is 16.4. The third kappa shape index (κ3) is 4.76. The number of aryl methyl sites for hydroxylation is 2. The molecule has 0 fully saturated rings.